The highest BCUT2D eigenvalue weighted by Gasteiger charge is 2.21. The van der Waals surface area contributed by atoms with Crippen LogP contribution in [0.3, 0.4) is 0 Å². The van der Waals surface area contributed by atoms with Crippen molar-refractivity contribution in [2.75, 3.05) is 0 Å². The summed E-state index contributed by atoms with van der Waals surface area (Å²) in [7, 11) is -3.52. The van der Waals surface area contributed by atoms with Crippen LogP contribution in [-0.4, -0.2) is 20.4 Å². The Morgan fingerprint density at radius 2 is 1.81 bits per heavy atom. The van der Waals surface area contributed by atoms with Gasteiger partial charge < -0.3 is 4.74 Å². The van der Waals surface area contributed by atoms with Gasteiger partial charge in [-0.2, -0.15) is 0 Å². The Labute approximate surface area is 125 Å². The van der Waals surface area contributed by atoms with E-state index in [-0.39, 0.29) is 16.7 Å². The number of carbonyl (C=O) groups excluding carboxylic acids is 1. The molecule has 5 nitrogen and oxygen atoms in total. The number of benzene rings is 1. The number of nitrogens with one attached hydrogen (secondary N) is 1. The van der Waals surface area contributed by atoms with Crippen molar-refractivity contribution in [3.63, 3.8) is 0 Å². The van der Waals surface area contributed by atoms with Gasteiger partial charge in [0.15, 0.2) is 0 Å². The lowest BCUT2D eigenvalue weighted by Gasteiger charge is -2.22. The fraction of sp³-hybridized carbons (Fsp3) is 0.400. The van der Waals surface area contributed by atoms with Gasteiger partial charge in [-0.25, -0.2) is 17.9 Å². The Morgan fingerprint density at radius 1 is 1.19 bits per heavy atom. The highest BCUT2D eigenvalue weighted by atomic mass is 32.2. The highest BCUT2D eigenvalue weighted by Crippen LogP contribution is 2.21. The molecule has 0 radical (unpaired) electrons. The minimum absolute atomic E-state index is 0.0158. The first-order chi connectivity index (χ1) is 10.0. The van der Waals surface area contributed by atoms with Gasteiger partial charge in [-0.3, -0.25) is 0 Å². The minimum Gasteiger partial charge on any atom is -0.423 e. The predicted molar refractivity (Wildman–Crippen MR) is 79.5 cm³/mol. The first-order valence-electron chi connectivity index (χ1n) is 6.98. The van der Waals surface area contributed by atoms with Crippen molar-refractivity contribution in [3.05, 3.63) is 36.9 Å². The maximum Gasteiger partial charge on any atom is 0.335 e. The maximum atomic E-state index is 12.3. The number of ether oxygens (including phenoxy) is 1. The first kappa shape index (κ1) is 15.7. The number of hydrogen-bond donors (Lipinski definition) is 1. The SMILES string of the molecule is C=CC(=O)Oc1ccc(S(=O)(=O)NC2CCCCC2)cc1. The quantitative estimate of drug-likeness (QED) is 0.515. The summed E-state index contributed by atoms with van der Waals surface area (Å²) >= 11 is 0. The molecular weight excluding hydrogens is 290 g/mol. The van der Waals surface area contributed by atoms with Crippen LogP contribution in [0.2, 0.25) is 0 Å². The molecule has 0 unspecified atom stereocenters. The van der Waals surface area contributed by atoms with E-state index in [1.807, 2.05) is 0 Å². The molecule has 1 aromatic rings. The van der Waals surface area contributed by atoms with Gasteiger partial charge in [-0.05, 0) is 37.1 Å². The average molecular weight is 309 g/mol. The standard InChI is InChI=1S/C15H19NO4S/c1-2-15(17)20-13-8-10-14(11-9-13)21(18,19)16-12-6-4-3-5-7-12/h2,8-12,16H,1,3-7H2. The molecule has 0 aromatic heterocycles. The van der Waals surface area contributed by atoms with E-state index in [1.54, 1.807) is 0 Å². The number of carbonyl (C=O) groups is 1. The van der Waals surface area contributed by atoms with Crippen LogP contribution in [0, 0.1) is 0 Å². The van der Waals surface area contributed by atoms with Crippen molar-refractivity contribution >= 4 is 16.0 Å². The summed E-state index contributed by atoms with van der Waals surface area (Å²) in [5, 5.41) is 0. The molecule has 21 heavy (non-hydrogen) atoms. The minimum atomic E-state index is -3.52. The lowest BCUT2D eigenvalue weighted by Crippen LogP contribution is -2.36. The van der Waals surface area contributed by atoms with Gasteiger partial charge in [0.25, 0.3) is 0 Å². The van der Waals surface area contributed by atoms with Crippen molar-refractivity contribution < 1.29 is 17.9 Å². The second-order valence-corrected chi connectivity index (χ2v) is 6.77. The van der Waals surface area contributed by atoms with Crippen molar-refractivity contribution in [3.8, 4) is 5.75 Å². The molecule has 0 spiro atoms. The molecule has 1 saturated carbocycles. The number of rotatable bonds is 5. The van der Waals surface area contributed by atoms with Gasteiger partial charge in [-0.15, -0.1) is 0 Å². The van der Waals surface area contributed by atoms with E-state index in [9.17, 15) is 13.2 Å². The third-order valence-electron chi connectivity index (χ3n) is 3.45. The van der Waals surface area contributed by atoms with Crippen LogP contribution in [0.5, 0.6) is 5.75 Å². The Kier molecular flexibility index (Phi) is 5.14. The number of esters is 1. The topological polar surface area (TPSA) is 72.5 Å². The van der Waals surface area contributed by atoms with E-state index in [0.717, 1.165) is 31.8 Å². The van der Waals surface area contributed by atoms with Crippen LogP contribution in [0.4, 0.5) is 0 Å². The zero-order chi connectivity index (χ0) is 15.3. The molecule has 0 heterocycles. The summed E-state index contributed by atoms with van der Waals surface area (Å²) < 4.78 is 32.2. The second-order valence-electron chi connectivity index (χ2n) is 5.05. The Morgan fingerprint density at radius 3 is 2.38 bits per heavy atom. The molecule has 1 aliphatic carbocycles. The molecule has 0 aliphatic heterocycles. The van der Waals surface area contributed by atoms with Gasteiger partial charge in [0.2, 0.25) is 10.0 Å². The van der Waals surface area contributed by atoms with Crippen LogP contribution in [0.15, 0.2) is 41.8 Å². The molecular formula is C15H19NO4S. The van der Waals surface area contributed by atoms with Crippen LogP contribution < -0.4 is 9.46 Å². The van der Waals surface area contributed by atoms with E-state index in [0.29, 0.717) is 0 Å². The van der Waals surface area contributed by atoms with Crippen LogP contribution in [-0.2, 0) is 14.8 Å². The Balaban J connectivity index is 2.05. The summed E-state index contributed by atoms with van der Waals surface area (Å²) in [6.07, 6.45) is 6.10. The molecule has 1 N–H and O–H groups in total. The second kappa shape index (κ2) is 6.87. The van der Waals surface area contributed by atoms with Gasteiger partial charge in [0, 0.05) is 12.1 Å². The van der Waals surface area contributed by atoms with Crippen molar-refractivity contribution in [2.24, 2.45) is 0 Å². The zero-order valence-corrected chi connectivity index (χ0v) is 12.6. The Hall–Kier alpha value is -1.66. The molecule has 0 amide bonds. The third-order valence-corrected chi connectivity index (χ3v) is 4.98. The van der Waals surface area contributed by atoms with Gasteiger partial charge >= 0.3 is 5.97 Å². The summed E-state index contributed by atoms with van der Waals surface area (Å²) in [5.74, 6) is -0.289. The van der Waals surface area contributed by atoms with E-state index >= 15 is 0 Å². The summed E-state index contributed by atoms with van der Waals surface area (Å²) in [4.78, 5) is 11.2. The average Bonchev–Trinajstić information content (AvgIpc) is 2.48. The van der Waals surface area contributed by atoms with E-state index in [2.05, 4.69) is 11.3 Å². The van der Waals surface area contributed by atoms with Gasteiger partial charge in [0.05, 0.1) is 4.90 Å². The largest absolute Gasteiger partial charge is 0.423 e. The van der Waals surface area contributed by atoms with Crippen molar-refractivity contribution in [2.45, 2.75) is 43.0 Å². The van der Waals surface area contributed by atoms with Gasteiger partial charge in [-0.1, -0.05) is 25.8 Å². The summed E-state index contributed by atoms with van der Waals surface area (Å²) in [6, 6.07) is 5.78. The number of sulfonamides is 1. The molecule has 0 saturated heterocycles. The lowest BCUT2D eigenvalue weighted by molar-refractivity contribution is -0.128. The van der Waals surface area contributed by atoms with E-state index in [1.165, 1.54) is 30.7 Å². The van der Waals surface area contributed by atoms with Crippen molar-refractivity contribution in [1.29, 1.82) is 0 Å². The Bertz CT molecular complexity index is 601. The zero-order valence-electron chi connectivity index (χ0n) is 11.7. The number of hydrogen-bond acceptors (Lipinski definition) is 4. The molecule has 1 aromatic carbocycles. The lowest BCUT2D eigenvalue weighted by atomic mass is 9.96. The van der Waals surface area contributed by atoms with Crippen LogP contribution >= 0.6 is 0 Å². The third kappa shape index (κ3) is 4.41. The molecule has 1 aliphatic rings. The monoisotopic (exact) mass is 309 g/mol. The van der Waals surface area contributed by atoms with Crippen molar-refractivity contribution in [1.82, 2.24) is 4.72 Å². The molecule has 6 heteroatoms. The fourth-order valence-corrected chi connectivity index (χ4v) is 3.66. The van der Waals surface area contributed by atoms with E-state index in [4.69, 9.17) is 4.74 Å². The predicted octanol–water partition coefficient (Wildman–Crippen LogP) is 2.39. The molecule has 0 bridgehead atoms. The van der Waals surface area contributed by atoms with Crippen LogP contribution in [0.25, 0.3) is 0 Å². The first-order valence-corrected chi connectivity index (χ1v) is 8.46. The highest BCUT2D eigenvalue weighted by molar-refractivity contribution is 7.89. The summed E-state index contributed by atoms with van der Waals surface area (Å²) in [6.45, 7) is 3.30. The van der Waals surface area contributed by atoms with Crippen LogP contribution in [0.1, 0.15) is 32.1 Å². The van der Waals surface area contributed by atoms with E-state index < -0.39 is 16.0 Å². The van der Waals surface area contributed by atoms with Gasteiger partial charge in [0.1, 0.15) is 5.75 Å². The molecule has 114 valence electrons. The molecule has 2 rings (SSSR count). The molecule has 0 atom stereocenters. The maximum absolute atomic E-state index is 12.3. The normalized spacial score (nSPS) is 16.4. The summed E-state index contributed by atoms with van der Waals surface area (Å²) in [5.41, 5.74) is 0. The smallest absolute Gasteiger partial charge is 0.335 e. The molecule has 1 fully saturated rings. The fourth-order valence-electron chi connectivity index (χ4n) is 2.35.